The number of morpholine rings is 1. The molecule has 0 N–H and O–H groups in total. The molecule has 1 fully saturated rings. The zero-order chi connectivity index (χ0) is 22.0. The zero-order valence-corrected chi connectivity index (χ0v) is 18.2. The Hall–Kier alpha value is -3.32. The normalized spacial score (nSPS) is 18.6. The summed E-state index contributed by atoms with van der Waals surface area (Å²) in [7, 11) is 3.22. The van der Waals surface area contributed by atoms with Crippen LogP contribution in [0.1, 0.15) is 24.3 Å². The third kappa shape index (κ3) is 4.27. The molecule has 31 heavy (non-hydrogen) atoms. The molecule has 1 amide bonds. The number of carbonyl (C=O) groups is 1. The number of hydrogen-bond donors (Lipinski definition) is 0. The number of rotatable bonds is 5. The Balaban J connectivity index is 1.80. The van der Waals surface area contributed by atoms with E-state index in [1.165, 1.54) is 0 Å². The van der Waals surface area contributed by atoms with Gasteiger partial charge in [0.15, 0.2) is 0 Å². The lowest BCUT2D eigenvalue weighted by atomic mass is 10.1. The van der Waals surface area contributed by atoms with Crippen LogP contribution in [-0.4, -0.2) is 60.1 Å². The predicted octanol–water partition coefficient (Wildman–Crippen LogP) is 3.81. The Morgan fingerprint density at radius 2 is 1.71 bits per heavy atom. The topological polar surface area (TPSA) is 65.8 Å². The van der Waals surface area contributed by atoms with Crippen molar-refractivity contribution in [2.24, 2.45) is 0 Å². The molecule has 4 rings (SSSR count). The lowest BCUT2D eigenvalue weighted by Gasteiger charge is -2.35. The van der Waals surface area contributed by atoms with E-state index in [1.54, 1.807) is 18.9 Å². The summed E-state index contributed by atoms with van der Waals surface area (Å²) in [5.41, 5.74) is 2.76. The van der Waals surface area contributed by atoms with Crippen molar-refractivity contribution in [2.45, 2.75) is 26.1 Å². The quantitative estimate of drug-likeness (QED) is 0.627. The van der Waals surface area contributed by atoms with E-state index >= 15 is 0 Å². The second kappa shape index (κ2) is 8.81. The zero-order valence-electron chi connectivity index (χ0n) is 18.2. The highest BCUT2D eigenvalue weighted by Gasteiger charge is 2.29. The number of aromatic nitrogens is 2. The fraction of sp³-hybridized carbons (Fsp3) is 0.333. The van der Waals surface area contributed by atoms with E-state index in [9.17, 15) is 4.79 Å². The summed E-state index contributed by atoms with van der Waals surface area (Å²) in [5.74, 6) is 1.25. The summed E-state index contributed by atoms with van der Waals surface area (Å²) >= 11 is 0. The molecular formula is C24H27N3O4. The van der Waals surface area contributed by atoms with Crippen LogP contribution in [0.5, 0.6) is 11.5 Å². The van der Waals surface area contributed by atoms with Crippen LogP contribution in [0.25, 0.3) is 16.9 Å². The first-order valence-corrected chi connectivity index (χ1v) is 10.3. The Morgan fingerprint density at radius 3 is 2.35 bits per heavy atom. The van der Waals surface area contributed by atoms with Gasteiger partial charge in [0.1, 0.15) is 17.2 Å². The van der Waals surface area contributed by atoms with Crippen molar-refractivity contribution in [1.29, 1.82) is 0 Å². The highest BCUT2D eigenvalue weighted by Crippen LogP contribution is 2.34. The van der Waals surface area contributed by atoms with Crippen LogP contribution in [0.15, 0.2) is 54.6 Å². The predicted molar refractivity (Wildman–Crippen MR) is 118 cm³/mol. The van der Waals surface area contributed by atoms with Crippen molar-refractivity contribution in [3.05, 3.63) is 60.3 Å². The monoisotopic (exact) mass is 421 g/mol. The highest BCUT2D eigenvalue weighted by atomic mass is 16.5. The first-order valence-electron chi connectivity index (χ1n) is 10.3. The summed E-state index contributed by atoms with van der Waals surface area (Å²) in [6.45, 7) is 5.06. The number of para-hydroxylation sites is 1. The molecule has 2 heterocycles. The van der Waals surface area contributed by atoms with Gasteiger partial charge in [-0.1, -0.05) is 18.2 Å². The van der Waals surface area contributed by atoms with Crippen LogP contribution in [0, 0.1) is 0 Å². The number of amides is 1. The van der Waals surface area contributed by atoms with Gasteiger partial charge in [-0.2, -0.15) is 5.10 Å². The smallest absolute Gasteiger partial charge is 0.272 e. The first kappa shape index (κ1) is 20.9. The molecule has 1 aliphatic rings. The Kier molecular flexibility index (Phi) is 5.95. The van der Waals surface area contributed by atoms with Crippen molar-refractivity contribution < 1.29 is 19.0 Å². The fourth-order valence-electron chi connectivity index (χ4n) is 3.95. The summed E-state index contributed by atoms with van der Waals surface area (Å²) in [5, 5.41) is 4.79. The average Bonchev–Trinajstić information content (AvgIpc) is 3.23. The van der Waals surface area contributed by atoms with E-state index < -0.39 is 0 Å². The second-order valence-electron chi connectivity index (χ2n) is 7.70. The van der Waals surface area contributed by atoms with Crippen molar-refractivity contribution in [3.63, 3.8) is 0 Å². The van der Waals surface area contributed by atoms with Gasteiger partial charge in [-0.15, -0.1) is 0 Å². The van der Waals surface area contributed by atoms with Crippen LogP contribution in [0.2, 0.25) is 0 Å². The third-order valence-electron chi connectivity index (χ3n) is 5.32. The van der Waals surface area contributed by atoms with Gasteiger partial charge >= 0.3 is 0 Å². The summed E-state index contributed by atoms with van der Waals surface area (Å²) in [6.07, 6.45) is -0.0242. The van der Waals surface area contributed by atoms with Gasteiger partial charge in [-0.3, -0.25) is 4.79 Å². The van der Waals surface area contributed by atoms with Gasteiger partial charge < -0.3 is 19.1 Å². The van der Waals surface area contributed by atoms with E-state index in [2.05, 4.69) is 0 Å². The number of carbonyl (C=O) groups excluding carboxylic acids is 1. The van der Waals surface area contributed by atoms with E-state index in [0.29, 0.717) is 36.0 Å². The van der Waals surface area contributed by atoms with Crippen LogP contribution < -0.4 is 9.47 Å². The molecule has 7 nitrogen and oxygen atoms in total. The summed E-state index contributed by atoms with van der Waals surface area (Å²) in [4.78, 5) is 15.4. The molecule has 1 saturated heterocycles. The molecular weight excluding hydrogens is 394 g/mol. The van der Waals surface area contributed by atoms with Gasteiger partial charge in [0, 0.05) is 24.7 Å². The van der Waals surface area contributed by atoms with Crippen molar-refractivity contribution in [3.8, 4) is 28.4 Å². The number of nitrogens with zero attached hydrogens (tertiary/aromatic N) is 3. The Bertz CT molecular complexity index is 1050. The minimum absolute atomic E-state index is 0.0121. The highest BCUT2D eigenvalue weighted by molar-refractivity contribution is 5.94. The van der Waals surface area contributed by atoms with Crippen LogP contribution >= 0.6 is 0 Å². The number of methoxy groups -OCH3 is 2. The lowest BCUT2D eigenvalue weighted by molar-refractivity contribution is -0.0588. The second-order valence-corrected chi connectivity index (χ2v) is 7.70. The molecule has 3 aromatic rings. The molecule has 1 aromatic heterocycles. The SMILES string of the molecule is COc1ccc(-c2cc(C(=O)N3C[C@@H](C)O[C@@H](C)C3)n(-c3ccccc3)n2)c(OC)c1. The van der Waals surface area contributed by atoms with E-state index in [4.69, 9.17) is 19.3 Å². The van der Waals surface area contributed by atoms with Gasteiger partial charge in [-0.25, -0.2) is 4.68 Å². The molecule has 2 aromatic carbocycles. The number of benzene rings is 2. The molecule has 162 valence electrons. The van der Waals surface area contributed by atoms with E-state index in [-0.39, 0.29) is 18.1 Å². The molecule has 0 aliphatic carbocycles. The van der Waals surface area contributed by atoms with E-state index in [1.807, 2.05) is 73.3 Å². The van der Waals surface area contributed by atoms with Crippen molar-refractivity contribution in [2.75, 3.05) is 27.3 Å². The number of ether oxygens (including phenoxy) is 3. The molecule has 1 aliphatic heterocycles. The van der Waals surface area contributed by atoms with Gasteiger partial charge in [0.2, 0.25) is 0 Å². The maximum atomic E-state index is 13.5. The van der Waals surface area contributed by atoms with E-state index in [0.717, 1.165) is 11.3 Å². The Labute approximate surface area is 182 Å². The summed E-state index contributed by atoms with van der Waals surface area (Å²) in [6, 6.07) is 17.0. The lowest BCUT2D eigenvalue weighted by Crippen LogP contribution is -2.48. The Morgan fingerprint density at radius 1 is 1.00 bits per heavy atom. The van der Waals surface area contributed by atoms with Gasteiger partial charge in [0.25, 0.3) is 5.91 Å². The minimum atomic E-state index is -0.0721. The van der Waals surface area contributed by atoms with Crippen molar-refractivity contribution >= 4 is 5.91 Å². The van der Waals surface area contributed by atoms with Crippen LogP contribution in [-0.2, 0) is 4.74 Å². The van der Waals surface area contributed by atoms with Crippen LogP contribution in [0.4, 0.5) is 0 Å². The average molecular weight is 421 g/mol. The maximum absolute atomic E-state index is 13.5. The van der Waals surface area contributed by atoms with Gasteiger partial charge in [-0.05, 0) is 44.2 Å². The summed E-state index contributed by atoms with van der Waals surface area (Å²) < 4.78 is 18.4. The number of hydrogen-bond acceptors (Lipinski definition) is 5. The third-order valence-corrected chi connectivity index (χ3v) is 5.32. The fourth-order valence-corrected chi connectivity index (χ4v) is 3.95. The molecule has 0 unspecified atom stereocenters. The molecule has 0 bridgehead atoms. The maximum Gasteiger partial charge on any atom is 0.272 e. The molecule has 0 radical (unpaired) electrons. The van der Waals surface area contributed by atoms with Crippen molar-refractivity contribution in [1.82, 2.24) is 14.7 Å². The largest absolute Gasteiger partial charge is 0.497 e. The van der Waals surface area contributed by atoms with Crippen LogP contribution in [0.3, 0.4) is 0 Å². The molecule has 0 saturated carbocycles. The minimum Gasteiger partial charge on any atom is -0.497 e. The standard InChI is InChI=1S/C24H27N3O4/c1-16-14-26(15-17(2)31-16)24(28)22-13-21(25-27(22)18-8-6-5-7-9-18)20-11-10-19(29-3)12-23(20)30-4/h5-13,16-17H,14-15H2,1-4H3/t16-,17+. The van der Waals surface area contributed by atoms with Gasteiger partial charge in [0.05, 0.1) is 37.8 Å². The molecule has 2 atom stereocenters. The molecule has 7 heteroatoms. The molecule has 0 spiro atoms. The first-order chi connectivity index (χ1) is 15.0.